The second kappa shape index (κ2) is 17.9. The second-order valence-electron chi connectivity index (χ2n) is 13.6. The van der Waals surface area contributed by atoms with E-state index < -0.39 is 66.7 Å². The summed E-state index contributed by atoms with van der Waals surface area (Å²) in [5, 5.41) is 7.40. The minimum Gasteiger partial charge on any atom is -0.486 e. The number of benzene rings is 3. The van der Waals surface area contributed by atoms with Crippen LogP contribution in [-0.2, 0) is 30.5 Å². The third-order valence-corrected chi connectivity index (χ3v) is 7.92. The van der Waals surface area contributed by atoms with Gasteiger partial charge in [-0.15, -0.1) is 0 Å². The first kappa shape index (κ1) is 38.3. The number of carbonyl (C=O) groups excluding carboxylic acids is 5. The summed E-state index contributed by atoms with van der Waals surface area (Å²) in [5.41, 5.74) is -0.408. The number of imidazole rings is 1. The average molecular weight is 698 g/mol. The minimum atomic E-state index is -1.27. The molecule has 0 aliphatic carbocycles. The van der Waals surface area contributed by atoms with Crippen LogP contribution in [0.15, 0.2) is 91.5 Å². The fourth-order valence-electron chi connectivity index (χ4n) is 5.38. The van der Waals surface area contributed by atoms with Crippen LogP contribution in [0.1, 0.15) is 57.8 Å². The SMILES string of the molecule is CC(C)[C@H](NC(=O)c1ccc2ccccc2c1)C(=O)N(CCCn1ccnc1)CC(=O)N[C@@H](CC(=O)OC(C)(C)C)C(=O)COc1ccccc1. The molecule has 1 aromatic heterocycles. The predicted octanol–water partition coefficient (Wildman–Crippen LogP) is 4.57. The highest BCUT2D eigenvalue weighted by molar-refractivity contribution is 6.01. The van der Waals surface area contributed by atoms with Gasteiger partial charge in [0.1, 0.15) is 30.0 Å². The molecule has 12 nitrogen and oxygen atoms in total. The van der Waals surface area contributed by atoms with Crippen LogP contribution < -0.4 is 15.4 Å². The first-order valence-corrected chi connectivity index (χ1v) is 17.0. The number of nitrogens with one attached hydrogen (secondary N) is 2. The Balaban J connectivity index is 1.51. The smallest absolute Gasteiger partial charge is 0.308 e. The van der Waals surface area contributed by atoms with E-state index in [0.717, 1.165) is 10.8 Å². The Labute approximate surface area is 298 Å². The molecule has 2 N–H and O–H groups in total. The number of hydrogen-bond donors (Lipinski definition) is 2. The molecule has 1 heterocycles. The van der Waals surface area contributed by atoms with Crippen molar-refractivity contribution in [1.29, 1.82) is 0 Å². The van der Waals surface area contributed by atoms with Gasteiger partial charge in [-0.2, -0.15) is 0 Å². The van der Waals surface area contributed by atoms with E-state index in [1.54, 1.807) is 82.0 Å². The number of para-hydroxylation sites is 1. The maximum atomic E-state index is 14.2. The van der Waals surface area contributed by atoms with Crippen LogP contribution in [0.2, 0.25) is 0 Å². The van der Waals surface area contributed by atoms with E-state index in [9.17, 15) is 24.0 Å². The number of rotatable bonds is 17. The van der Waals surface area contributed by atoms with Crippen molar-refractivity contribution in [1.82, 2.24) is 25.1 Å². The van der Waals surface area contributed by atoms with Crippen LogP contribution in [0, 0.1) is 5.92 Å². The number of fused-ring (bicyclic) bond motifs is 1. The van der Waals surface area contributed by atoms with E-state index in [2.05, 4.69) is 15.6 Å². The van der Waals surface area contributed by atoms with Gasteiger partial charge in [0.25, 0.3) is 5.91 Å². The monoisotopic (exact) mass is 697 g/mol. The summed E-state index contributed by atoms with van der Waals surface area (Å²) in [7, 11) is 0. The molecule has 0 fully saturated rings. The van der Waals surface area contributed by atoms with Crippen LogP contribution in [0.3, 0.4) is 0 Å². The topological polar surface area (TPSA) is 149 Å². The molecule has 0 radical (unpaired) electrons. The Bertz CT molecular complexity index is 1780. The number of amides is 3. The lowest BCUT2D eigenvalue weighted by Crippen LogP contribution is -2.55. The molecule has 12 heteroatoms. The number of ketones is 1. The van der Waals surface area contributed by atoms with Crippen LogP contribution >= 0.6 is 0 Å². The summed E-state index contributed by atoms with van der Waals surface area (Å²) >= 11 is 0. The number of ether oxygens (including phenoxy) is 2. The van der Waals surface area contributed by atoms with E-state index in [0.29, 0.717) is 24.3 Å². The van der Waals surface area contributed by atoms with Gasteiger partial charge < -0.3 is 29.6 Å². The fraction of sp³-hybridized carbons (Fsp3) is 0.385. The number of aryl methyl sites for hydroxylation is 1. The molecule has 0 unspecified atom stereocenters. The zero-order chi connectivity index (χ0) is 37.0. The lowest BCUT2D eigenvalue weighted by Gasteiger charge is -2.30. The molecule has 270 valence electrons. The van der Waals surface area contributed by atoms with Crippen LogP contribution in [0.4, 0.5) is 0 Å². The van der Waals surface area contributed by atoms with Crippen molar-refractivity contribution in [2.75, 3.05) is 19.7 Å². The highest BCUT2D eigenvalue weighted by Crippen LogP contribution is 2.17. The molecule has 51 heavy (non-hydrogen) atoms. The Hall–Kier alpha value is -5.52. The molecule has 0 bridgehead atoms. The van der Waals surface area contributed by atoms with E-state index in [1.807, 2.05) is 48.7 Å². The fourth-order valence-corrected chi connectivity index (χ4v) is 5.38. The first-order valence-electron chi connectivity index (χ1n) is 17.0. The van der Waals surface area contributed by atoms with Gasteiger partial charge in [0, 0.05) is 31.0 Å². The van der Waals surface area contributed by atoms with Gasteiger partial charge >= 0.3 is 5.97 Å². The first-order chi connectivity index (χ1) is 24.3. The summed E-state index contributed by atoms with van der Waals surface area (Å²) in [5.74, 6) is -2.62. The highest BCUT2D eigenvalue weighted by Gasteiger charge is 2.32. The van der Waals surface area contributed by atoms with Crippen LogP contribution in [0.25, 0.3) is 10.8 Å². The minimum absolute atomic E-state index is 0.168. The molecule has 3 amide bonds. The zero-order valence-electron chi connectivity index (χ0n) is 29.8. The number of carbonyl (C=O) groups is 5. The summed E-state index contributed by atoms with van der Waals surface area (Å²) < 4.78 is 12.9. The van der Waals surface area contributed by atoms with Crippen molar-refractivity contribution >= 4 is 40.2 Å². The lowest BCUT2D eigenvalue weighted by molar-refractivity contribution is -0.156. The molecule has 0 aliphatic heterocycles. The Morgan fingerprint density at radius 1 is 0.902 bits per heavy atom. The maximum absolute atomic E-state index is 14.2. The average Bonchev–Trinajstić information content (AvgIpc) is 3.61. The van der Waals surface area contributed by atoms with E-state index >= 15 is 0 Å². The lowest BCUT2D eigenvalue weighted by atomic mass is 10.0. The number of aromatic nitrogens is 2. The van der Waals surface area contributed by atoms with Crippen molar-refractivity contribution in [2.45, 2.75) is 71.7 Å². The molecule has 0 spiro atoms. The van der Waals surface area contributed by atoms with Gasteiger partial charge in [-0.05, 0) is 68.1 Å². The number of hydrogen-bond acceptors (Lipinski definition) is 8. The second-order valence-corrected chi connectivity index (χ2v) is 13.6. The molecule has 4 rings (SSSR count). The van der Waals surface area contributed by atoms with Crippen LogP contribution in [0.5, 0.6) is 5.75 Å². The summed E-state index contributed by atoms with van der Waals surface area (Å²) in [6, 6.07) is 19.5. The largest absolute Gasteiger partial charge is 0.486 e. The van der Waals surface area contributed by atoms with Gasteiger partial charge in [0.15, 0.2) is 5.78 Å². The standard InChI is InChI=1S/C39H47N5O7/c1-27(2)36(42-37(48)30-17-16-28-12-9-10-13-29(28)22-30)38(49)44(20-11-19-43-21-18-40-26-43)24-34(46)41-32(23-35(47)51-39(3,4)5)33(45)25-50-31-14-7-6-8-15-31/h6-10,12-18,21-22,26-27,32,36H,11,19-20,23-25H2,1-5H3,(H,41,46)(H,42,48)/t32-,36-/m0/s1. The Kier molecular flexibility index (Phi) is 13.5. The van der Waals surface area contributed by atoms with Gasteiger partial charge in [0.2, 0.25) is 11.8 Å². The van der Waals surface area contributed by atoms with Gasteiger partial charge in [-0.3, -0.25) is 24.0 Å². The summed E-state index contributed by atoms with van der Waals surface area (Å²) in [6.45, 7) is 8.61. The Morgan fingerprint density at radius 2 is 1.61 bits per heavy atom. The van der Waals surface area contributed by atoms with E-state index in [1.165, 1.54) is 4.90 Å². The number of Topliss-reactive ketones (excluding diaryl/α,β-unsaturated/α-hetero) is 1. The quantitative estimate of drug-likeness (QED) is 0.153. The molecule has 2 atom stereocenters. The van der Waals surface area contributed by atoms with Crippen LogP contribution in [-0.4, -0.2) is 81.3 Å². The number of nitrogens with zero attached hydrogens (tertiary/aromatic N) is 3. The third-order valence-electron chi connectivity index (χ3n) is 7.92. The molecule has 0 saturated heterocycles. The van der Waals surface area contributed by atoms with Gasteiger partial charge in [-0.25, -0.2) is 4.98 Å². The molecular weight excluding hydrogens is 650 g/mol. The van der Waals surface area contributed by atoms with Crippen molar-refractivity contribution in [2.24, 2.45) is 5.92 Å². The highest BCUT2D eigenvalue weighted by atomic mass is 16.6. The predicted molar refractivity (Wildman–Crippen MR) is 193 cm³/mol. The maximum Gasteiger partial charge on any atom is 0.308 e. The van der Waals surface area contributed by atoms with Crippen molar-refractivity contribution < 1.29 is 33.4 Å². The number of esters is 1. The summed E-state index contributed by atoms with van der Waals surface area (Å²) in [6.07, 6.45) is 5.15. The van der Waals surface area contributed by atoms with Crippen molar-refractivity contribution in [3.05, 3.63) is 97.1 Å². The molecule has 0 aliphatic rings. The van der Waals surface area contributed by atoms with E-state index in [-0.39, 0.29) is 12.5 Å². The molecule has 0 saturated carbocycles. The van der Waals surface area contributed by atoms with E-state index in [4.69, 9.17) is 9.47 Å². The van der Waals surface area contributed by atoms with Crippen molar-refractivity contribution in [3.8, 4) is 5.75 Å². The third kappa shape index (κ3) is 12.1. The summed E-state index contributed by atoms with van der Waals surface area (Å²) in [4.78, 5) is 72.8. The Morgan fingerprint density at radius 3 is 2.27 bits per heavy atom. The van der Waals surface area contributed by atoms with Gasteiger partial charge in [-0.1, -0.05) is 62.4 Å². The normalized spacial score (nSPS) is 12.5. The van der Waals surface area contributed by atoms with Crippen molar-refractivity contribution in [3.63, 3.8) is 0 Å². The molecular formula is C39H47N5O7. The molecule has 3 aromatic carbocycles. The molecule has 4 aromatic rings. The van der Waals surface area contributed by atoms with Gasteiger partial charge in [0.05, 0.1) is 19.3 Å². The zero-order valence-corrected chi connectivity index (χ0v) is 29.8.